The molecule has 2 aromatic carbocycles. The maximum Gasteiger partial charge on any atom is 0.255 e. The first-order valence-corrected chi connectivity index (χ1v) is 9.00. The highest BCUT2D eigenvalue weighted by Crippen LogP contribution is 2.29. The molecule has 26 heavy (non-hydrogen) atoms. The van der Waals surface area contributed by atoms with Crippen molar-refractivity contribution >= 4 is 22.9 Å². The highest BCUT2D eigenvalue weighted by atomic mass is 32.1. The average Bonchev–Trinajstić information content (AvgIpc) is 3.20. The summed E-state index contributed by atoms with van der Waals surface area (Å²) in [5.41, 5.74) is 4.38. The predicted molar refractivity (Wildman–Crippen MR) is 105 cm³/mol. The van der Waals surface area contributed by atoms with Crippen LogP contribution in [0.15, 0.2) is 84.5 Å². The number of rotatable bonds is 4. The van der Waals surface area contributed by atoms with Crippen molar-refractivity contribution < 1.29 is 4.79 Å². The minimum absolute atomic E-state index is 0.119. The van der Waals surface area contributed by atoms with Crippen LogP contribution >= 0.6 is 11.3 Å². The second kappa shape index (κ2) is 7.29. The Hall–Kier alpha value is -3.31. The van der Waals surface area contributed by atoms with Gasteiger partial charge < -0.3 is 5.32 Å². The molecule has 1 N–H and O–H groups in total. The van der Waals surface area contributed by atoms with Crippen LogP contribution in [0.25, 0.3) is 21.8 Å². The maximum atomic E-state index is 12.2. The maximum absolute atomic E-state index is 12.2. The summed E-state index contributed by atoms with van der Waals surface area (Å²) < 4.78 is 0. The Morgan fingerprint density at radius 2 is 1.58 bits per heavy atom. The lowest BCUT2D eigenvalue weighted by atomic mass is 10.1. The van der Waals surface area contributed by atoms with E-state index in [1.54, 1.807) is 35.9 Å². The van der Waals surface area contributed by atoms with Gasteiger partial charge in [0.05, 0.1) is 5.69 Å². The molecule has 4 aromatic rings. The van der Waals surface area contributed by atoms with Crippen molar-refractivity contribution in [3.8, 4) is 21.8 Å². The Kier molecular flexibility index (Phi) is 4.53. The molecule has 0 aliphatic carbocycles. The van der Waals surface area contributed by atoms with Crippen molar-refractivity contribution in [1.29, 1.82) is 0 Å². The van der Waals surface area contributed by atoms with Crippen LogP contribution < -0.4 is 5.32 Å². The summed E-state index contributed by atoms with van der Waals surface area (Å²) >= 11 is 1.60. The third-order valence-corrected chi connectivity index (χ3v) is 4.80. The molecule has 0 aliphatic rings. The summed E-state index contributed by atoms with van der Waals surface area (Å²) in [6, 6.07) is 20.8. The van der Waals surface area contributed by atoms with Crippen LogP contribution in [0.2, 0.25) is 0 Å². The van der Waals surface area contributed by atoms with E-state index in [1.807, 2.05) is 60.0 Å². The van der Waals surface area contributed by atoms with Crippen LogP contribution in [0.5, 0.6) is 0 Å². The number of hydrogen-bond acceptors (Lipinski definition) is 4. The molecule has 0 bridgehead atoms. The van der Waals surface area contributed by atoms with Gasteiger partial charge in [-0.2, -0.15) is 0 Å². The van der Waals surface area contributed by atoms with Crippen molar-refractivity contribution in [3.63, 3.8) is 0 Å². The summed E-state index contributed by atoms with van der Waals surface area (Å²) in [6.07, 6.45) is 3.53. The van der Waals surface area contributed by atoms with E-state index in [-0.39, 0.29) is 5.91 Å². The van der Waals surface area contributed by atoms with Gasteiger partial charge in [-0.25, -0.2) is 4.98 Å². The molecular formula is C21H15N3OS. The van der Waals surface area contributed by atoms with Crippen molar-refractivity contribution in [3.05, 3.63) is 90.1 Å². The van der Waals surface area contributed by atoms with Gasteiger partial charge in [0.1, 0.15) is 5.01 Å². The predicted octanol–water partition coefficient (Wildman–Crippen LogP) is 5.12. The minimum Gasteiger partial charge on any atom is -0.322 e. The zero-order valence-electron chi connectivity index (χ0n) is 13.8. The summed E-state index contributed by atoms with van der Waals surface area (Å²) in [5.74, 6) is -0.119. The van der Waals surface area contributed by atoms with Gasteiger partial charge in [-0.1, -0.05) is 30.3 Å². The van der Waals surface area contributed by atoms with Crippen molar-refractivity contribution in [2.24, 2.45) is 0 Å². The molecule has 0 saturated heterocycles. The standard InChI is InChI=1S/C21H15N3OS/c25-20(16-4-2-1-3-5-16)23-18-8-6-15(7-9-18)19-14-26-21(24-19)17-10-12-22-13-11-17/h1-14H,(H,23,25). The third kappa shape index (κ3) is 3.53. The number of carbonyl (C=O) groups is 1. The SMILES string of the molecule is O=C(Nc1ccc(-c2csc(-c3ccncc3)n2)cc1)c1ccccc1. The molecule has 4 nitrogen and oxygen atoms in total. The number of benzene rings is 2. The van der Waals surface area contributed by atoms with E-state index in [4.69, 9.17) is 4.98 Å². The number of thiazole rings is 1. The number of aromatic nitrogens is 2. The molecular weight excluding hydrogens is 342 g/mol. The Labute approximate surface area is 155 Å². The van der Waals surface area contributed by atoms with Crippen LogP contribution in [-0.4, -0.2) is 15.9 Å². The minimum atomic E-state index is -0.119. The van der Waals surface area contributed by atoms with E-state index in [9.17, 15) is 4.79 Å². The highest BCUT2D eigenvalue weighted by Gasteiger charge is 2.08. The Morgan fingerprint density at radius 1 is 0.846 bits per heavy atom. The number of carbonyl (C=O) groups excluding carboxylic acids is 1. The smallest absolute Gasteiger partial charge is 0.255 e. The van der Waals surface area contributed by atoms with E-state index < -0.39 is 0 Å². The van der Waals surface area contributed by atoms with E-state index in [1.165, 1.54) is 0 Å². The molecule has 5 heteroatoms. The third-order valence-electron chi connectivity index (χ3n) is 3.91. The quantitative estimate of drug-likeness (QED) is 0.551. The van der Waals surface area contributed by atoms with Crippen LogP contribution in [-0.2, 0) is 0 Å². The lowest BCUT2D eigenvalue weighted by Gasteiger charge is -2.06. The van der Waals surface area contributed by atoms with Crippen molar-refractivity contribution in [1.82, 2.24) is 9.97 Å². The van der Waals surface area contributed by atoms with Gasteiger partial charge in [0.25, 0.3) is 5.91 Å². The number of nitrogens with zero attached hydrogens (tertiary/aromatic N) is 2. The van der Waals surface area contributed by atoms with E-state index in [2.05, 4.69) is 10.3 Å². The molecule has 0 unspecified atom stereocenters. The topological polar surface area (TPSA) is 54.9 Å². The summed E-state index contributed by atoms with van der Waals surface area (Å²) in [7, 11) is 0. The molecule has 4 rings (SSSR count). The molecule has 0 radical (unpaired) electrons. The van der Waals surface area contributed by atoms with Crippen LogP contribution in [0.1, 0.15) is 10.4 Å². The lowest BCUT2D eigenvalue weighted by Crippen LogP contribution is -2.11. The van der Waals surface area contributed by atoms with Crippen LogP contribution in [0.4, 0.5) is 5.69 Å². The fourth-order valence-corrected chi connectivity index (χ4v) is 3.39. The molecule has 2 heterocycles. The van der Waals surface area contributed by atoms with Crippen LogP contribution in [0, 0.1) is 0 Å². The van der Waals surface area contributed by atoms with Gasteiger partial charge in [0.2, 0.25) is 0 Å². The van der Waals surface area contributed by atoms with Crippen LogP contribution in [0.3, 0.4) is 0 Å². The Balaban J connectivity index is 1.50. The molecule has 126 valence electrons. The number of amides is 1. The first-order valence-electron chi connectivity index (χ1n) is 8.12. The van der Waals surface area contributed by atoms with Crippen molar-refractivity contribution in [2.45, 2.75) is 0 Å². The Morgan fingerprint density at radius 3 is 2.31 bits per heavy atom. The number of hydrogen-bond donors (Lipinski definition) is 1. The first-order chi connectivity index (χ1) is 12.8. The lowest BCUT2D eigenvalue weighted by molar-refractivity contribution is 0.102. The highest BCUT2D eigenvalue weighted by molar-refractivity contribution is 7.13. The normalized spacial score (nSPS) is 10.5. The number of anilines is 1. The van der Waals surface area contributed by atoms with Gasteiger partial charge in [0.15, 0.2) is 0 Å². The second-order valence-electron chi connectivity index (χ2n) is 5.67. The van der Waals surface area contributed by atoms with E-state index in [0.29, 0.717) is 5.56 Å². The van der Waals surface area contributed by atoms with Gasteiger partial charge in [-0.3, -0.25) is 9.78 Å². The molecule has 0 saturated carbocycles. The zero-order valence-corrected chi connectivity index (χ0v) is 14.6. The van der Waals surface area contributed by atoms with Gasteiger partial charge in [-0.05, 0) is 36.4 Å². The van der Waals surface area contributed by atoms with E-state index in [0.717, 1.165) is 27.5 Å². The summed E-state index contributed by atoms with van der Waals surface area (Å²) in [5, 5.41) is 5.90. The number of nitrogens with one attached hydrogen (secondary N) is 1. The van der Waals surface area contributed by atoms with E-state index >= 15 is 0 Å². The molecule has 2 aromatic heterocycles. The number of pyridine rings is 1. The molecule has 1 amide bonds. The fraction of sp³-hybridized carbons (Fsp3) is 0. The molecule has 0 spiro atoms. The Bertz CT molecular complexity index is 1010. The van der Waals surface area contributed by atoms with Gasteiger partial charge in [0, 0.05) is 40.2 Å². The second-order valence-corrected chi connectivity index (χ2v) is 6.53. The van der Waals surface area contributed by atoms with Gasteiger partial charge in [-0.15, -0.1) is 11.3 Å². The summed E-state index contributed by atoms with van der Waals surface area (Å²) in [6.45, 7) is 0. The largest absolute Gasteiger partial charge is 0.322 e. The first kappa shape index (κ1) is 16.2. The average molecular weight is 357 g/mol. The monoisotopic (exact) mass is 357 g/mol. The molecule has 0 atom stereocenters. The summed E-state index contributed by atoms with van der Waals surface area (Å²) in [4.78, 5) is 20.9. The fourth-order valence-electron chi connectivity index (χ4n) is 2.55. The van der Waals surface area contributed by atoms with Gasteiger partial charge >= 0.3 is 0 Å². The van der Waals surface area contributed by atoms with Crippen molar-refractivity contribution in [2.75, 3.05) is 5.32 Å². The molecule has 0 fully saturated rings. The molecule has 0 aliphatic heterocycles. The zero-order chi connectivity index (χ0) is 17.8.